The van der Waals surface area contributed by atoms with Gasteiger partial charge in [-0.15, -0.1) is 17.9 Å². The molecular weight excluding hydrogens is 677 g/mol. The van der Waals surface area contributed by atoms with Crippen molar-refractivity contribution < 1.29 is 13.6 Å². The van der Waals surface area contributed by atoms with Gasteiger partial charge in [0, 0.05) is 45.8 Å². The quantitative estimate of drug-likeness (QED) is 0.101. The highest BCUT2D eigenvalue weighted by Crippen LogP contribution is 2.65. The third-order valence-corrected chi connectivity index (χ3v) is 13.9. The van der Waals surface area contributed by atoms with E-state index in [2.05, 4.69) is 168 Å². The summed E-state index contributed by atoms with van der Waals surface area (Å²) in [6.45, 7) is 26.8. The molecule has 54 heavy (non-hydrogen) atoms. The van der Waals surface area contributed by atoms with Crippen LogP contribution in [0.15, 0.2) is 139 Å². The molecule has 7 aromatic rings. The molecule has 2 aliphatic heterocycles. The molecule has 1 saturated carbocycles. The van der Waals surface area contributed by atoms with Crippen LogP contribution in [0.2, 0.25) is 0 Å². The minimum absolute atomic E-state index is 0.159. The molecule has 3 aliphatic rings. The number of aryl methyl sites for hydroxylation is 1. The number of nitrogens with zero attached hydrogens (tertiary/aromatic N) is 2. The molecule has 4 unspecified atom stereocenters. The second-order valence-electron chi connectivity index (χ2n) is 16.9. The van der Waals surface area contributed by atoms with Crippen molar-refractivity contribution in [2.24, 2.45) is 5.92 Å². The summed E-state index contributed by atoms with van der Waals surface area (Å²) < 4.78 is 13.6. The zero-order valence-corrected chi connectivity index (χ0v) is 32.9. The summed E-state index contributed by atoms with van der Waals surface area (Å²) in [6, 6.07) is 29.9. The summed E-state index contributed by atoms with van der Waals surface area (Å²) in [4.78, 5) is 1.29. The Balaban J connectivity index is 1.35. The van der Waals surface area contributed by atoms with E-state index in [4.69, 9.17) is 4.42 Å². The Bertz CT molecular complexity index is 2850. The van der Waals surface area contributed by atoms with Crippen LogP contribution in [0.1, 0.15) is 73.7 Å². The van der Waals surface area contributed by atoms with Gasteiger partial charge in [-0.3, -0.25) is 0 Å². The van der Waals surface area contributed by atoms with Crippen molar-refractivity contribution in [3.63, 3.8) is 0 Å². The van der Waals surface area contributed by atoms with Gasteiger partial charge < -0.3 is 4.42 Å². The van der Waals surface area contributed by atoms with Crippen LogP contribution in [0.25, 0.3) is 60.1 Å². The number of rotatable bonds is 4. The minimum atomic E-state index is -0.303. The topological polar surface area (TPSA) is 20.9 Å². The average molecular weight is 723 g/mol. The van der Waals surface area contributed by atoms with Crippen LogP contribution in [0.5, 0.6) is 0 Å². The first-order valence-electron chi connectivity index (χ1n) is 19.2. The van der Waals surface area contributed by atoms with E-state index in [-0.39, 0.29) is 28.8 Å². The first kappa shape index (κ1) is 33.3. The zero-order chi connectivity index (χ0) is 37.4. The fourth-order valence-electron chi connectivity index (χ4n) is 10.7. The molecule has 1 spiro atoms. The highest BCUT2D eigenvalue weighted by molar-refractivity contribution is 7.20. The third-order valence-electron chi connectivity index (χ3n) is 12.8. The largest absolute Gasteiger partial charge is 0.454 e. The van der Waals surface area contributed by atoms with Gasteiger partial charge in [0.15, 0.2) is 29.6 Å². The second kappa shape index (κ2) is 11.3. The summed E-state index contributed by atoms with van der Waals surface area (Å²) in [7, 11) is 0. The monoisotopic (exact) mass is 722 g/mol. The molecule has 10 rings (SSSR count). The van der Waals surface area contributed by atoms with Crippen molar-refractivity contribution in [2.45, 2.75) is 70.9 Å². The van der Waals surface area contributed by atoms with Crippen molar-refractivity contribution in [1.29, 1.82) is 0 Å². The average Bonchev–Trinajstić information content (AvgIpc) is 3.73. The smallest absolute Gasteiger partial charge is 0.217 e. The van der Waals surface area contributed by atoms with Crippen molar-refractivity contribution in [2.75, 3.05) is 0 Å². The lowest BCUT2D eigenvalue weighted by Crippen LogP contribution is -2.80. The molecule has 3 nitrogen and oxygen atoms in total. The molecule has 1 fully saturated rings. The molecule has 0 radical (unpaired) electrons. The Labute approximate surface area is 321 Å². The van der Waals surface area contributed by atoms with Crippen LogP contribution in [-0.2, 0) is 17.4 Å². The number of thiophene rings is 1. The van der Waals surface area contributed by atoms with Gasteiger partial charge in [-0.2, -0.15) is 9.13 Å². The van der Waals surface area contributed by atoms with Gasteiger partial charge in [-0.05, 0) is 83.7 Å². The number of furan rings is 1. The van der Waals surface area contributed by atoms with Crippen molar-refractivity contribution in [1.82, 2.24) is 0 Å². The van der Waals surface area contributed by atoms with Crippen LogP contribution in [0, 0.1) is 12.8 Å². The maximum atomic E-state index is 7.16. The van der Waals surface area contributed by atoms with Gasteiger partial charge in [-0.25, -0.2) is 0 Å². The molecular formula is C50H46N2OS+2. The SMILES string of the molecule is C=C/C(C)=C(\C(=C)C)c1cc2[n+](cc1C(C)(C)C)C1(Cc3ccc4c(oc5c4ccc4cc(C)sc45)c3-2)C(C=C)C2C1c1ccccc1-c1cccc[n+]12. The van der Waals surface area contributed by atoms with Crippen molar-refractivity contribution in [3.8, 4) is 22.5 Å². The Kier molecular flexibility index (Phi) is 6.99. The van der Waals surface area contributed by atoms with E-state index < -0.39 is 0 Å². The molecule has 266 valence electrons. The van der Waals surface area contributed by atoms with Crippen LogP contribution < -0.4 is 9.13 Å². The summed E-state index contributed by atoms with van der Waals surface area (Å²) in [5.74, 6) is 0.391. The fourth-order valence-corrected chi connectivity index (χ4v) is 11.7. The number of fused-ring (bicyclic) bond motifs is 17. The number of hydrogen-bond acceptors (Lipinski definition) is 2. The Morgan fingerprint density at radius 3 is 2.44 bits per heavy atom. The molecule has 0 bridgehead atoms. The molecule has 4 atom stereocenters. The van der Waals surface area contributed by atoms with Crippen molar-refractivity contribution >= 4 is 48.9 Å². The predicted molar refractivity (Wildman–Crippen MR) is 225 cm³/mol. The van der Waals surface area contributed by atoms with Gasteiger partial charge in [0.1, 0.15) is 17.4 Å². The second-order valence-corrected chi connectivity index (χ2v) is 18.2. The fraction of sp³-hybridized carbons (Fsp3) is 0.240. The first-order chi connectivity index (χ1) is 26.0. The number of hydrogen-bond donors (Lipinski definition) is 0. The van der Waals surface area contributed by atoms with E-state index in [9.17, 15) is 0 Å². The van der Waals surface area contributed by atoms with Crippen LogP contribution >= 0.6 is 11.3 Å². The maximum Gasteiger partial charge on any atom is 0.217 e. The van der Waals surface area contributed by atoms with Gasteiger partial charge in [0.25, 0.3) is 0 Å². The zero-order valence-electron chi connectivity index (χ0n) is 32.1. The number of aromatic nitrogens is 2. The van der Waals surface area contributed by atoms with E-state index in [1.807, 2.05) is 17.4 Å². The standard InChI is InChI=1S/C50H46N2OS/c1-10-29(5)42(28(3)4)37-25-41-43-32(20-22-35-36-21-19-31-24-30(6)54-48(31)47(36)53-46(35)43)26-50(52(41)27-39(37)49(7,8)9)38(11-2)45-44(50)34-17-13-12-16-33(34)40-18-14-15-23-51(40)45/h10-25,27,38,44-45H,1-3,26H2,4-9H3/q+2/b42-29+. The van der Waals surface area contributed by atoms with Crippen LogP contribution in [-0.4, -0.2) is 0 Å². The number of allylic oxidation sites excluding steroid dienone is 5. The normalized spacial score (nSPS) is 21.5. The lowest BCUT2D eigenvalue weighted by molar-refractivity contribution is -0.837. The Hall–Kier alpha value is -5.32. The number of benzene rings is 3. The van der Waals surface area contributed by atoms with E-state index >= 15 is 0 Å². The lowest BCUT2D eigenvalue weighted by Gasteiger charge is -2.56. The van der Waals surface area contributed by atoms with E-state index in [0.29, 0.717) is 0 Å². The molecule has 0 saturated heterocycles. The third kappa shape index (κ3) is 4.23. The Morgan fingerprint density at radius 1 is 0.926 bits per heavy atom. The Morgan fingerprint density at radius 2 is 1.69 bits per heavy atom. The predicted octanol–water partition coefficient (Wildman–Crippen LogP) is 12.3. The minimum Gasteiger partial charge on any atom is -0.454 e. The van der Waals surface area contributed by atoms with Gasteiger partial charge in [-0.1, -0.05) is 88.1 Å². The summed E-state index contributed by atoms with van der Waals surface area (Å²) >= 11 is 1.82. The van der Waals surface area contributed by atoms with E-state index in [0.717, 1.165) is 39.7 Å². The molecule has 1 aliphatic carbocycles. The summed E-state index contributed by atoms with van der Waals surface area (Å²) in [5.41, 5.74) is 15.0. The van der Waals surface area contributed by atoms with E-state index in [1.54, 1.807) is 0 Å². The first-order valence-corrected chi connectivity index (χ1v) is 20.0. The molecule has 4 heteroatoms. The molecule has 0 amide bonds. The van der Waals surface area contributed by atoms with Gasteiger partial charge in [0.2, 0.25) is 11.4 Å². The molecule has 0 N–H and O–H groups in total. The summed E-state index contributed by atoms with van der Waals surface area (Å²) in [5, 5.41) is 3.58. The van der Waals surface area contributed by atoms with Gasteiger partial charge in [0.05, 0.1) is 15.8 Å². The van der Waals surface area contributed by atoms with E-state index in [1.165, 1.54) is 65.1 Å². The summed E-state index contributed by atoms with van der Waals surface area (Å²) in [6.07, 6.45) is 9.89. The van der Waals surface area contributed by atoms with Crippen LogP contribution in [0.3, 0.4) is 0 Å². The molecule has 6 heterocycles. The van der Waals surface area contributed by atoms with Crippen molar-refractivity contribution in [3.05, 3.63) is 161 Å². The number of pyridine rings is 2. The maximum absolute atomic E-state index is 7.16. The van der Waals surface area contributed by atoms with Gasteiger partial charge >= 0.3 is 0 Å². The highest BCUT2D eigenvalue weighted by Gasteiger charge is 2.76. The highest BCUT2D eigenvalue weighted by atomic mass is 32.1. The molecule has 4 aromatic heterocycles. The molecule has 3 aromatic carbocycles. The lowest BCUT2D eigenvalue weighted by atomic mass is 9.48. The van der Waals surface area contributed by atoms with Crippen LogP contribution in [0.4, 0.5) is 0 Å².